The van der Waals surface area contributed by atoms with E-state index in [-0.39, 0.29) is 11.5 Å². The van der Waals surface area contributed by atoms with Crippen molar-refractivity contribution in [2.75, 3.05) is 10.5 Å². The van der Waals surface area contributed by atoms with Gasteiger partial charge in [0.25, 0.3) is 0 Å². The van der Waals surface area contributed by atoms with Crippen LogP contribution in [0.5, 0.6) is 5.75 Å². The van der Waals surface area contributed by atoms with E-state index in [1.165, 1.54) is 24.3 Å². The van der Waals surface area contributed by atoms with Crippen molar-refractivity contribution in [2.45, 2.75) is 20.3 Å². The Bertz CT molecular complexity index is 423. The topological polar surface area (TPSA) is 66.4 Å². The van der Waals surface area contributed by atoms with Crippen molar-refractivity contribution >= 4 is 15.7 Å². The number of hydrogen-bond acceptors (Lipinski definition) is 3. The highest BCUT2D eigenvalue weighted by atomic mass is 32.2. The second-order valence-corrected chi connectivity index (χ2v) is 5.99. The average Bonchev–Trinajstić information content (AvgIpc) is 2.19. The van der Waals surface area contributed by atoms with Crippen molar-refractivity contribution in [3.63, 3.8) is 0 Å². The fraction of sp³-hybridized carbons (Fsp3) is 0.455. The van der Waals surface area contributed by atoms with E-state index >= 15 is 0 Å². The largest absolute Gasteiger partial charge is 0.508 e. The quantitative estimate of drug-likeness (QED) is 0.779. The SMILES string of the molecule is CC(C)CCS(=O)(=O)Nc1ccc(O)cc1. The van der Waals surface area contributed by atoms with Gasteiger partial charge in [0.2, 0.25) is 10.0 Å². The highest BCUT2D eigenvalue weighted by molar-refractivity contribution is 7.92. The molecule has 5 heteroatoms. The number of anilines is 1. The van der Waals surface area contributed by atoms with Crippen molar-refractivity contribution < 1.29 is 13.5 Å². The van der Waals surface area contributed by atoms with Gasteiger partial charge in [-0.05, 0) is 36.6 Å². The van der Waals surface area contributed by atoms with Crippen molar-refractivity contribution in [3.8, 4) is 5.75 Å². The third-order valence-electron chi connectivity index (χ3n) is 2.10. The van der Waals surface area contributed by atoms with Crippen LogP contribution in [-0.4, -0.2) is 19.3 Å². The van der Waals surface area contributed by atoms with Crippen LogP contribution in [0.1, 0.15) is 20.3 Å². The maximum absolute atomic E-state index is 11.6. The Hall–Kier alpha value is -1.23. The zero-order chi connectivity index (χ0) is 12.2. The number of hydrogen-bond donors (Lipinski definition) is 2. The van der Waals surface area contributed by atoms with Crippen LogP contribution in [-0.2, 0) is 10.0 Å². The number of rotatable bonds is 5. The van der Waals surface area contributed by atoms with Crippen LogP contribution in [0.2, 0.25) is 0 Å². The zero-order valence-corrected chi connectivity index (χ0v) is 10.3. The first-order chi connectivity index (χ1) is 7.39. The van der Waals surface area contributed by atoms with Crippen molar-refractivity contribution in [3.05, 3.63) is 24.3 Å². The number of sulfonamides is 1. The summed E-state index contributed by atoms with van der Waals surface area (Å²) in [5.41, 5.74) is 0.474. The number of benzene rings is 1. The second kappa shape index (κ2) is 5.21. The molecule has 0 aliphatic carbocycles. The summed E-state index contributed by atoms with van der Waals surface area (Å²) in [6, 6.07) is 5.95. The van der Waals surface area contributed by atoms with Gasteiger partial charge in [-0.2, -0.15) is 0 Å². The molecular weight excluding hydrogens is 226 g/mol. The van der Waals surface area contributed by atoms with Gasteiger partial charge >= 0.3 is 0 Å². The molecule has 0 aliphatic rings. The van der Waals surface area contributed by atoms with E-state index < -0.39 is 10.0 Å². The number of phenols is 1. The van der Waals surface area contributed by atoms with E-state index in [0.717, 1.165) is 0 Å². The van der Waals surface area contributed by atoms with Gasteiger partial charge in [0, 0.05) is 5.69 Å². The van der Waals surface area contributed by atoms with E-state index in [2.05, 4.69) is 4.72 Å². The minimum Gasteiger partial charge on any atom is -0.508 e. The van der Waals surface area contributed by atoms with Gasteiger partial charge in [-0.15, -0.1) is 0 Å². The molecule has 0 atom stereocenters. The van der Waals surface area contributed by atoms with E-state index in [0.29, 0.717) is 18.0 Å². The summed E-state index contributed by atoms with van der Waals surface area (Å²) in [4.78, 5) is 0. The molecule has 0 aromatic heterocycles. The molecule has 2 N–H and O–H groups in total. The van der Waals surface area contributed by atoms with E-state index in [9.17, 15) is 8.42 Å². The standard InChI is InChI=1S/C11H17NO3S/c1-9(2)7-8-16(14,15)12-10-3-5-11(13)6-4-10/h3-6,9,12-13H,7-8H2,1-2H3. The van der Waals surface area contributed by atoms with E-state index in [1.54, 1.807) is 0 Å². The maximum Gasteiger partial charge on any atom is 0.232 e. The highest BCUT2D eigenvalue weighted by Gasteiger charge is 2.11. The number of phenolic OH excluding ortho intramolecular Hbond substituents is 1. The second-order valence-electron chi connectivity index (χ2n) is 4.15. The summed E-state index contributed by atoms with van der Waals surface area (Å²) in [6.45, 7) is 3.96. The van der Waals surface area contributed by atoms with Crippen molar-refractivity contribution in [1.29, 1.82) is 0 Å². The summed E-state index contributed by atoms with van der Waals surface area (Å²) in [6.07, 6.45) is 0.632. The Labute approximate surface area is 96.4 Å². The molecule has 0 heterocycles. The normalized spacial score (nSPS) is 11.7. The van der Waals surface area contributed by atoms with Crippen LogP contribution in [0.4, 0.5) is 5.69 Å². The van der Waals surface area contributed by atoms with Gasteiger partial charge in [-0.25, -0.2) is 8.42 Å². The maximum atomic E-state index is 11.6. The van der Waals surface area contributed by atoms with Crippen LogP contribution >= 0.6 is 0 Å². The molecule has 1 aromatic carbocycles. The minimum atomic E-state index is -3.27. The van der Waals surface area contributed by atoms with Crippen LogP contribution in [0.25, 0.3) is 0 Å². The smallest absolute Gasteiger partial charge is 0.232 e. The van der Waals surface area contributed by atoms with Crippen LogP contribution < -0.4 is 4.72 Å². The molecule has 0 fully saturated rings. The summed E-state index contributed by atoms with van der Waals surface area (Å²) < 4.78 is 25.7. The number of nitrogens with one attached hydrogen (secondary N) is 1. The first-order valence-electron chi connectivity index (χ1n) is 5.18. The summed E-state index contributed by atoms with van der Waals surface area (Å²) in [7, 11) is -3.27. The lowest BCUT2D eigenvalue weighted by atomic mass is 10.2. The predicted molar refractivity (Wildman–Crippen MR) is 65.0 cm³/mol. The molecule has 0 amide bonds. The molecule has 0 aliphatic heterocycles. The Morgan fingerprint density at radius 3 is 2.31 bits per heavy atom. The van der Waals surface area contributed by atoms with Crippen LogP contribution in [0.3, 0.4) is 0 Å². The molecule has 90 valence electrons. The number of aromatic hydroxyl groups is 1. The van der Waals surface area contributed by atoms with Crippen LogP contribution in [0, 0.1) is 5.92 Å². The molecule has 1 rings (SSSR count). The van der Waals surface area contributed by atoms with Crippen molar-refractivity contribution in [2.24, 2.45) is 5.92 Å². The molecule has 16 heavy (non-hydrogen) atoms. The molecular formula is C11H17NO3S. The van der Waals surface area contributed by atoms with Crippen LogP contribution in [0.15, 0.2) is 24.3 Å². The first-order valence-corrected chi connectivity index (χ1v) is 6.84. The summed E-state index contributed by atoms with van der Waals surface area (Å²) in [5.74, 6) is 0.590. The van der Waals surface area contributed by atoms with E-state index in [1.807, 2.05) is 13.8 Å². The molecule has 0 spiro atoms. The predicted octanol–water partition coefficient (Wildman–Crippen LogP) is 2.18. The lowest BCUT2D eigenvalue weighted by molar-refractivity contribution is 0.475. The van der Waals surface area contributed by atoms with E-state index in [4.69, 9.17) is 5.11 Å². The van der Waals surface area contributed by atoms with Gasteiger partial charge < -0.3 is 5.11 Å². The van der Waals surface area contributed by atoms with Gasteiger partial charge in [0.05, 0.1) is 5.75 Å². The molecule has 1 aromatic rings. The van der Waals surface area contributed by atoms with Gasteiger partial charge in [-0.1, -0.05) is 13.8 Å². The third kappa shape index (κ3) is 4.53. The summed E-state index contributed by atoms with van der Waals surface area (Å²) >= 11 is 0. The Morgan fingerprint density at radius 2 is 1.81 bits per heavy atom. The lowest BCUT2D eigenvalue weighted by Gasteiger charge is -2.09. The fourth-order valence-corrected chi connectivity index (χ4v) is 2.53. The van der Waals surface area contributed by atoms with Gasteiger partial charge in [0.15, 0.2) is 0 Å². The molecule has 0 saturated carbocycles. The Balaban J connectivity index is 2.62. The monoisotopic (exact) mass is 243 g/mol. The Kier molecular flexibility index (Phi) is 4.18. The van der Waals surface area contributed by atoms with Crippen molar-refractivity contribution in [1.82, 2.24) is 0 Å². The minimum absolute atomic E-state index is 0.116. The molecule has 0 radical (unpaired) electrons. The Morgan fingerprint density at radius 1 is 1.25 bits per heavy atom. The van der Waals surface area contributed by atoms with Gasteiger partial charge in [0.1, 0.15) is 5.75 Å². The molecule has 0 unspecified atom stereocenters. The average molecular weight is 243 g/mol. The third-order valence-corrected chi connectivity index (χ3v) is 3.42. The molecule has 0 saturated heterocycles. The fourth-order valence-electron chi connectivity index (χ4n) is 1.15. The van der Waals surface area contributed by atoms with Gasteiger partial charge in [-0.3, -0.25) is 4.72 Å². The first kappa shape index (κ1) is 12.8. The lowest BCUT2D eigenvalue weighted by Crippen LogP contribution is -2.17. The molecule has 4 nitrogen and oxygen atoms in total. The highest BCUT2D eigenvalue weighted by Crippen LogP contribution is 2.15. The zero-order valence-electron chi connectivity index (χ0n) is 9.47. The molecule has 0 bridgehead atoms. The summed E-state index contributed by atoms with van der Waals surface area (Å²) in [5, 5.41) is 9.05.